The molecule has 2 aromatic rings. The summed E-state index contributed by atoms with van der Waals surface area (Å²) >= 11 is 1.52. The fourth-order valence-electron chi connectivity index (χ4n) is 1.90. The van der Waals surface area contributed by atoms with Crippen molar-refractivity contribution in [2.24, 2.45) is 4.99 Å². The van der Waals surface area contributed by atoms with Crippen molar-refractivity contribution in [2.45, 2.75) is 13.8 Å². The molecule has 0 N–H and O–H groups in total. The monoisotopic (exact) mass is 300 g/mol. The third kappa shape index (κ3) is 3.06. The minimum atomic E-state index is 0.635. The Bertz CT molecular complexity index is 727. The molecule has 5 heteroatoms. The molecule has 4 nitrogen and oxygen atoms in total. The minimum absolute atomic E-state index is 0.635. The van der Waals surface area contributed by atoms with Crippen LogP contribution in [0, 0.1) is 25.2 Å². The number of hydrogen-bond acceptors (Lipinski definition) is 5. The van der Waals surface area contributed by atoms with Crippen LogP contribution in [0.25, 0.3) is 0 Å². The molecule has 2 rings (SSSR count). The molecule has 108 valence electrons. The first-order valence-electron chi connectivity index (χ1n) is 6.37. The standard InChI is InChI=1S/C16H16N2O2S/c1-10-11(2)21-16(14(10)8-17)18-9-12-7-13(19-3)5-6-15(12)20-4/h5-7,9H,1-4H3/b18-9+. The molecule has 1 aromatic carbocycles. The van der Waals surface area contributed by atoms with E-state index in [2.05, 4.69) is 11.1 Å². The number of thiophene rings is 1. The van der Waals surface area contributed by atoms with Gasteiger partial charge in [-0.15, -0.1) is 11.3 Å². The Balaban J connectivity index is 2.42. The van der Waals surface area contributed by atoms with Gasteiger partial charge in [0.2, 0.25) is 0 Å². The summed E-state index contributed by atoms with van der Waals surface area (Å²) in [7, 11) is 3.22. The third-order valence-electron chi connectivity index (χ3n) is 3.24. The molecular formula is C16H16N2O2S. The average molecular weight is 300 g/mol. The summed E-state index contributed by atoms with van der Waals surface area (Å²) in [5, 5.41) is 9.95. The maximum Gasteiger partial charge on any atom is 0.134 e. The summed E-state index contributed by atoms with van der Waals surface area (Å²) in [5.74, 6) is 1.44. The van der Waals surface area contributed by atoms with E-state index in [4.69, 9.17) is 9.47 Å². The largest absolute Gasteiger partial charge is 0.497 e. The van der Waals surface area contributed by atoms with Gasteiger partial charge in [-0.2, -0.15) is 5.26 Å². The van der Waals surface area contributed by atoms with E-state index in [-0.39, 0.29) is 0 Å². The Hall–Kier alpha value is -2.32. The first kappa shape index (κ1) is 15.1. The number of nitriles is 1. The SMILES string of the molecule is COc1ccc(OC)c(/C=N/c2sc(C)c(C)c2C#N)c1. The van der Waals surface area contributed by atoms with Crippen LogP contribution in [0.1, 0.15) is 21.6 Å². The molecule has 0 aliphatic heterocycles. The summed E-state index contributed by atoms with van der Waals surface area (Å²) in [4.78, 5) is 5.56. The van der Waals surface area contributed by atoms with Crippen LogP contribution in [-0.2, 0) is 0 Å². The number of methoxy groups -OCH3 is 2. The number of aryl methyl sites for hydroxylation is 1. The van der Waals surface area contributed by atoms with Crippen LogP contribution >= 0.6 is 11.3 Å². The van der Waals surface area contributed by atoms with Crippen molar-refractivity contribution in [2.75, 3.05) is 14.2 Å². The van der Waals surface area contributed by atoms with Crippen molar-refractivity contribution < 1.29 is 9.47 Å². The van der Waals surface area contributed by atoms with E-state index in [9.17, 15) is 5.26 Å². The van der Waals surface area contributed by atoms with Crippen molar-refractivity contribution >= 4 is 22.6 Å². The van der Waals surface area contributed by atoms with Gasteiger partial charge in [-0.1, -0.05) is 0 Å². The summed E-state index contributed by atoms with van der Waals surface area (Å²) < 4.78 is 10.5. The van der Waals surface area contributed by atoms with E-state index >= 15 is 0 Å². The number of aliphatic imine (C=N–C) groups is 1. The van der Waals surface area contributed by atoms with Gasteiger partial charge < -0.3 is 9.47 Å². The summed E-state index contributed by atoms with van der Waals surface area (Å²) in [6.45, 7) is 3.93. The van der Waals surface area contributed by atoms with Crippen LogP contribution in [-0.4, -0.2) is 20.4 Å². The second kappa shape index (κ2) is 6.42. The van der Waals surface area contributed by atoms with Crippen LogP contribution in [0.4, 0.5) is 5.00 Å². The van der Waals surface area contributed by atoms with Crippen molar-refractivity contribution in [3.8, 4) is 17.6 Å². The Morgan fingerprint density at radius 3 is 2.62 bits per heavy atom. The van der Waals surface area contributed by atoms with Gasteiger partial charge in [-0.25, -0.2) is 4.99 Å². The molecule has 1 aromatic heterocycles. The molecule has 0 amide bonds. The highest BCUT2D eigenvalue weighted by molar-refractivity contribution is 7.16. The first-order valence-corrected chi connectivity index (χ1v) is 7.18. The van der Waals surface area contributed by atoms with E-state index in [1.165, 1.54) is 11.3 Å². The summed E-state index contributed by atoms with van der Waals surface area (Å²) in [6.07, 6.45) is 1.70. The van der Waals surface area contributed by atoms with Gasteiger partial charge >= 0.3 is 0 Å². The second-order valence-corrected chi connectivity index (χ2v) is 5.64. The lowest BCUT2D eigenvalue weighted by molar-refractivity contribution is 0.402. The normalized spacial score (nSPS) is 10.6. The van der Waals surface area contributed by atoms with Gasteiger partial charge in [0.25, 0.3) is 0 Å². The van der Waals surface area contributed by atoms with E-state index in [0.717, 1.165) is 26.8 Å². The molecule has 1 heterocycles. The molecule has 0 aliphatic rings. The average Bonchev–Trinajstić information content (AvgIpc) is 2.79. The predicted octanol–water partition coefficient (Wildman–Crippen LogP) is 4.00. The molecule has 21 heavy (non-hydrogen) atoms. The maximum atomic E-state index is 9.23. The Morgan fingerprint density at radius 1 is 1.24 bits per heavy atom. The lowest BCUT2D eigenvalue weighted by Crippen LogP contribution is -1.92. The summed E-state index contributed by atoms with van der Waals surface area (Å²) in [6, 6.07) is 7.72. The van der Waals surface area contributed by atoms with E-state index < -0.39 is 0 Å². The molecule has 0 atom stereocenters. The minimum Gasteiger partial charge on any atom is -0.497 e. The fraction of sp³-hybridized carbons (Fsp3) is 0.250. The molecule has 0 fully saturated rings. The highest BCUT2D eigenvalue weighted by Gasteiger charge is 2.11. The molecule has 0 aliphatic carbocycles. The third-order valence-corrected chi connectivity index (χ3v) is 4.35. The van der Waals surface area contributed by atoms with Gasteiger partial charge in [0.15, 0.2) is 0 Å². The van der Waals surface area contributed by atoms with Crippen molar-refractivity contribution in [1.29, 1.82) is 5.26 Å². The highest BCUT2D eigenvalue weighted by atomic mass is 32.1. The highest BCUT2D eigenvalue weighted by Crippen LogP contribution is 2.34. The zero-order valence-corrected chi connectivity index (χ0v) is 13.2. The molecule has 0 radical (unpaired) electrons. The van der Waals surface area contributed by atoms with E-state index in [1.54, 1.807) is 20.4 Å². The quantitative estimate of drug-likeness (QED) is 0.802. The molecule has 0 unspecified atom stereocenters. The zero-order valence-electron chi connectivity index (χ0n) is 12.4. The van der Waals surface area contributed by atoms with Gasteiger partial charge in [-0.05, 0) is 37.6 Å². The van der Waals surface area contributed by atoms with Crippen LogP contribution in [0.15, 0.2) is 23.2 Å². The molecule has 0 saturated heterocycles. The zero-order chi connectivity index (χ0) is 15.4. The fourth-order valence-corrected chi connectivity index (χ4v) is 2.85. The van der Waals surface area contributed by atoms with E-state index in [0.29, 0.717) is 11.3 Å². The Labute approximate surface area is 128 Å². The number of benzene rings is 1. The number of ether oxygens (including phenoxy) is 2. The molecule has 0 saturated carbocycles. The molecule has 0 spiro atoms. The van der Waals surface area contributed by atoms with Crippen LogP contribution in [0.5, 0.6) is 11.5 Å². The first-order chi connectivity index (χ1) is 10.1. The van der Waals surface area contributed by atoms with Gasteiger partial charge in [0.1, 0.15) is 22.6 Å². The smallest absolute Gasteiger partial charge is 0.134 e. The van der Waals surface area contributed by atoms with E-state index in [1.807, 2.05) is 32.0 Å². The van der Waals surface area contributed by atoms with Crippen LogP contribution in [0.2, 0.25) is 0 Å². The topological polar surface area (TPSA) is 54.6 Å². The van der Waals surface area contributed by atoms with Gasteiger partial charge in [0.05, 0.1) is 19.8 Å². The number of nitrogens with zero attached hydrogens (tertiary/aromatic N) is 2. The molecule has 0 bridgehead atoms. The van der Waals surface area contributed by atoms with Crippen molar-refractivity contribution in [3.63, 3.8) is 0 Å². The van der Waals surface area contributed by atoms with Crippen molar-refractivity contribution in [3.05, 3.63) is 39.8 Å². The second-order valence-electron chi connectivity index (χ2n) is 4.44. The predicted molar refractivity (Wildman–Crippen MR) is 85.3 cm³/mol. The maximum absolute atomic E-state index is 9.23. The summed E-state index contributed by atoms with van der Waals surface area (Å²) in [5.41, 5.74) is 2.44. The Morgan fingerprint density at radius 2 is 2.00 bits per heavy atom. The van der Waals surface area contributed by atoms with Crippen LogP contribution in [0.3, 0.4) is 0 Å². The van der Waals surface area contributed by atoms with Gasteiger partial charge in [0, 0.05) is 16.7 Å². The number of hydrogen-bond donors (Lipinski definition) is 0. The lowest BCUT2D eigenvalue weighted by atomic mass is 10.2. The van der Waals surface area contributed by atoms with Crippen LogP contribution < -0.4 is 9.47 Å². The Kier molecular flexibility index (Phi) is 4.61. The molecular weight excluding hydrogens is 284 g/mol. The number of rotatable bonds is 4. The lowest BCUT2D eigenvalue weighted by Gasteiger charge is -2.06. The van der Waals surface area contributed by atoms with Gasteiger partial charge in [-0.3, -0.25) is 0 Å². The van der Waals surface area contributed by atoms with Crippen molar-refractivity contribution in [1.82, 2.24) is 0 Å².